The van der Waals surface area contributed by atoms with E-state index in [2.05, 4.69) is 10.1 Å². The summed E-state index contributed by atoms with van der Waals surface area (Å²) in [5.74, 6) is -0.111. The Morgan fingerprint density at radius 1 is 1.19 bits per heavy atom. The van der Waals surface area contributed by atoms with Crippen LogP contribution in [0.4, 0.5) is 4.39 Å². The summed E-state index contributed by atoms with van der Waals surface area (Å²) in [4.78, 5) is 18.3. The van der Waals surface area contributed by atoms with Crippen molar-refractivity contribution in [2.75, 3.05) is 7.05 Å². The second kappa shape index (κ2) is 7.43. The Morgan fingerprint density at radius 2 is 1.88 bits per heavy atom. The Morgan fingerprint density at radius 3 is 2.54 bits per heavy atom. The standard InChI is InChI=1S/C18H15Cl2FN4O/c1-11-22-17(23-25(11)15-7-5-14(21)6-8-15)18(26)24(2)10-12-3-4-13(19)9-16(12)20/h3-9H,10H2,1-2H3. The van der Waals surface area contributed by atoms with Crippen molar-refractivity contribution in [3.05, 3.63) is 75.5 Å². The van der Waals surface area contributed by atoms with E-state index in [0.29, 0.717) is 28.1 Å². The van der Waals surface area contributed by atoms with Crippen molar-refractivity contribution in [1.29, 1.82) is 0 Å². The van der Waals surface area contributed by atoms with E-state index in [4.69, 9.17) is 23.2 Å². The monoisotopic (exact) mass is 392 g/mol. The molecule has 0 aliphatic rings. The maximum absolute atomic E-state index is 13.1. The lowest BCUT2D eigenvalue weighted by atomic mass is 10.2. The van der Waals surface area contributed by atoms with Gasteiger partial charge in [0.05, 0.1) is 5.69 Å². The van der Waals surface area contributed by atoms with Crippen LogP contribution in [-0.4, -0.2) is 32.6 Å². The summed E-state index contributed by atoms with van der Waals surface area (Å²) in [6.45, 7) is 2.02. The highest BCUT2D eigenvalue weighted by Gasteiger charge is 2.20. The highest BCUT2D eigenvalue weighted by molar-refractivity contribution is 6.35. The number of nitrogens with zero attached hydrogens (tertiary/aromatic N) is 4. The molecule has 0 saturated heterocycles. The molecule has 0 bridgehead atoms. The van der Waals surface area contributed by atoms with Crippen LogP contribution in [0.1, 0.15) is 22.0 Å². The number of amides is 1. The third kappa shape index (κ3) is 3.86. The topological polar surface area (TPSA) is 51.0 Å². The van der Waals surface area contributed by atoms with Gasteiger partial charge in [0.25, 0.3) is 5.91 Å². The molecule has 0 unspecified atom stereocenters. The van der Waals surface area contributed by atoms with E-state index in [1.807, 2.05) is 0 Å². The minimum Gasteiger partial charge on any atom is -0.335 e. The van der Waals surface area contributed by atoms with E-state index in [9.17, 15) is 9.18 Å². The molecule has 0 saturated carbocycles. The van der Waals surface area contributed by atoms with E-state index in [0.717, 1.165) is 5.56 Å². The number of rotatable bonds is 4. The number of aromatic nitrogens is 3. The van der Waals surface area contributed by atoms with Crippen LogP contribution in [0.15, 0.2) is 42.5 Å². The molecule has 0 atom stereocenters. The fourth-order valence-corrected chi connectivity index (χ4v) is 2.92. The van der Waals surface area contributed by atoms with Gasteiger partial charge in [0, 0.05) is 23.6 Å². The summed E-state index contributed by atoms with van der Waals surface area (Å²) in [6, 6.07) is 10.9. The molecule has 0 aliphatic carbocycles. The predicted octanol–water partition coefficient (Wildman–Crippen LogP) is 4.29. The van der Waals surface area contributed by atoms with Gasteiger partial charge in [-0.25, -0.2) is 14.1 Å². The van der Waals surface area contributed by atoms with Gasteiger partial charge in [-0.2, -0.15) is 0 Å². The highest BCUT2D eigenvalue weighted by Crippen LogP contribution is 2.22. The second-order valence-electron chi connectivity index (χ2n) is 5.77. The van der Waals surface area contributed by atoms with Gasteiger partial charge in [0.2, 0.25) is 5.82 Å². The van der Waals surface area contributed by atoms with Crippen LogP contribution in [0.5, 0.6) is 0 Å². The summed E-state index contributed by atoms with van der Waals surface area (Å²) in [5.41, 5.74) is 1.39. The Bertz CT molecular complexity index is 956. The molecular weight excluding hydrogens is 378 g/mol. The fraction of sp³-hybridized carbons (Fsp3) is 0.167. The van der Waals surface area contributed by atoms with Crippen LogP contribution in [-0.2, 0) is 6.54 Å². The minimum atomic E-state index is -0.347. The van der Waals surface area contributed by atoms with Crippen molar-refractivity contribution in [2.24, 2.45) is 0 Å². The number of carbonyl (C=O) groups excluding carboxylic acids is 1. The molecule has 8 heteroatoms. The van der Waals surface area contributed by atoms with Gasteiger partial charge in [-0.05, 0) is 48.9 Å². The lowest BCUT2D eigenvalue weighted by Crippen LogP contribution is -2.27. The first-order chi connectivity index (χ1) is 12.3. The van der Waals surface area contributed by atoms with Gasteiger partial charge in [-0.1, -0.05) is 29.3 Å². The van der Waals surface area contributed by atoms with Crippen molar-refractivity contribution in [3.63, 3.8) is 0 Å². The zero-order valence-electron chi connectivity index (χ0n) is 14.1. The van der Waals surface area contributed by atoms with Crippen LogP contribution < -0.4 is 0 Å². The maximum Gasteiger partial charge on any atom is 0.293 e. The van der Waals surface area contributed by atoms with Gasteiger partial charge in [-0.3, -0.25) is 4.79 Å². The quantitative estimate of drug-likeness (QED) is 0.665. The van der Waals surface area contributed by atoms with Crippen LogP contribution in [0.3, 0.4) is 0 Å². The van der Waals surface area contributed by atoms with E-state index in [-0.39, 0.29) is 17.5 Å². The van der Waals surface area contributed by atoms with Crippen LogP contribution in [0, 0.1) is 12.7 Å². The van der Waals surface area contributed by atoms with Crippen LogP contribution >= 0.6 is 23.2 Å². The smallest absolute Gasteiger partial charge is 0.293 e. The predicted molar refractivity (Wildman–Crippen MR) is 98.3 cm³/mol. The number of aryl methyl sites for hydroxylation is 1. The molecule has 1 aromatic heterocycles. The lowest BCUT2D eigenvalue weighted by molar-refractivity contribution is 0.0773. The molecule has 134 valence electrons. The molecular formula is C18H15Cl2FN4O. The lowest BCUT2D eigenvalue weighted by Gasteiger charge is -2.16. The van der Waals surface area contributed by atoms with Crippen LogP contribution in [0.2, 0.25) is 10.0 Å². The first kappa shape index (κ1) is 18.4. The van der Waals surface area contributed by atoms with Gasteiger partial charge in [-0.15, -0.1) is 5.10 Å². The molecule has 1 heterocycles. The molecule has 26 heavy (non-hydrogen) atoms. The average molecular weight is 393 g/mol. The largest absolute Gasteiger partial charge is 0.335 e. The first-order valence-corrected chi connectivity index (χ1v) is 8.50. The molecule has 0 radical (unpaired) electrons. The Balaban J connectivity index is 1.81. The van der Waals surface area contributed by atoms with Gasteiger partial charge in [0.1, 0.15) is 11.6 Å². The van der Waals surface area contributed by atoms with Crippen molar-refractivity contribution in [2.45, 2.75) is 13.5 Å². The third-order valence-corrected chi connectivity index (χ3v) is 4.39. The summed E-state index contributed by atoms with van der Waals surface area (Å²) >= 11 is 12.0. The fourth-order valence-electron chi connectivity index (χ4n) is 2.46. The normalized spacial score (nSPS) is 10.8. The van der Waals surface area contributed by atoms with E-state index >= 15 is 0 Å². The van der Waals surface area contributed by atoms with E-state index < -0.39 is 0 Å². The second-order valence-corrected chi connectivity index (χ2v) is 6.61. The van der Waals surface area contributed by atoms with Crippen molar-refractivity contribution >= 4 is 29.1 Å². The number of hydrogen-bond donors (Lipinski definition) is 0. The number of carbonyl (C=O) groups is 1. The van der Waals surface area contributed by atoms with Crippen molar-refractivity contribution < 1.29 is 9.18 Å². The van der Waals surface area contributed by atoms with E-state index in [1.165, 1.54) is 21.7 Å². The number of benzene rings is 2. The Kier molecular flexibility index (Phi) is 5.25. The summed E-state index contributed by atoms with van der Waals surface area (Å²) in [5, 5.41) is 5.26. The van der Waals surface area contributed by atoms with Gasteiger partial charge >= 0.3 is 0 Å². The van der Waals surface area contributed by atoms with Crippen molar-refractivity contribution in [1.82, 2.24) is 19.7 Å². The Labute approximate surface area is 160 Å². The molecule has 3 aromatic rings. The average Bonchev–Trinajstić information content (AvgIpc) is 2.99. The zero-order valence-corrected chi connectivity index (χ0v) is 15.6. The van der Waals surface area contributed by atoms with Crippen LogP contribution in [0.25, 0.3) is 5.69 Å². The molecule has 0 spiro atoms. The highest BCUT2D eigenvalue weighted by atomic mass is 35.5. The Hall–Kier alpha value is -2.44. The van der Waals surface area contributed by atoms with Gasteiger partial charge in [0.15, 0.2) is 0 Å². The SMILES string of the molecule is Cc1nc(C(=O)N(C)Cc2ccc(Cl)cc2Cl)nn1-c1ccc(F)cc1. The van der Waals surface area contributed by atoms with Crippen molar-refractivity contribution in [3.8, 4) is 5.69 Å². The van der Waals surface area contributed by atoms with E-state index in [1.54, 1.807) is 44.3 Å². The number of hydrogen-bond acceptors (Lipinski definition) is 3. The summed E-state index contributed by atoms with van der Waals surface area (Å²) in [7, 11) is 1.64. The molecule has 1 amide bonds. The minimum absolute atomic E-state index is 0.0550. The third-order valence-electron chi connectivity index (χ3n) is 3.80. The maximum atomic E-state index is 13.1. The molecule has 5 nitrogen and oxygen atoms in total. The van der Waals surface area contributed by atoms with Gasteiger partial charge < -0.3 is 4.90 Å². The number of halogens is 3. The molecule has 0 fully saturated rings. The summed E-state index contributed by atoms with van der Waals surface area (Å²) < 4.78 is 14.6. The molecule has 3 rings (SSSR count). The molecule has 0 N–H and O–H groups in total. The molecule has 2 aromatic carbocycles. The molecule has 0 aliphatic heterocycles. The zero-order chi connectivity index (χ0) is 18.8. The summed E-state index contributed by atoms with van der Waals surface area (Å²) in [6.07, 6.45) is 0. The first-order valence-electron chi connectivity index (χ1n) is 7.74.